The highest BCUT2D eigenvalue weighted by Gasteiger charge is 2.58. The van der Waals surface area contributed by atoms with Crippen LogP contribution in [0.15, 0.2) is 24.3 Å². The van der Waals surface area contributed by atoms with Crippen LogP contribution in [0.3, 0.4) is 0 Å². The second-order valence-corrected chi connectivity index (χ2v) is 12.4. The molecule has 248 valence electrons. The summed E-state index contributed by atoms with van der Waals surface area (Å²) in [5.41, 5.74) is 0.252. The van der Waals surface area contributed by atoms with Crippen LogP contribution >= 0.6 is 23.4 Å². The monoisotopic (exact) mass is 670 g/mol. The van der Waals surface area contributed by atoms with Gasteiger partial charge in [-0.25, -0.2) is 4.79 Å². The van der Waals surface area contributed by atoms with Crippen molar-refractivity contribution in [3.63, 3.8) is 0 Å². The van der Waals surface area contributed by atoms with Crippen molar-refractivity contribution >= 4 is 59.1 Å². The molecule has 1 heterocycles. The highest BCUT2D eigenvalue weighted by atomic mass is 35.5. The van der Waals surface area contributed by atoms with E-state index in [9.17, 15) is 28.8 Å². The number of carbonyl (C=O) groups is 6. The maximum Gasteiger partial charge on any atom is 0.348 e. The van der Waals surface area contributed by atoms with E-state index in [-0.39, 0.29) is 36.8 Å². The minimum Gasteiger partial charge on any atom is -0.466 e. The summed E-state index contributed by atoms with van der Waals surface area (Å²) in [6, 6.07) is 4.87. The van der Waals surface area contributed by atoms with Crippen molar-refractivity contribution in [3.8, 4) is 0 Å². The zero-order valence-corrected chi connectivity index (χ0v) is 27.4. The quantitative estimate of drug-likeness (QED) is 0.232. The molecule has 2 aliphatic rings. The van der Waals surface area contributed by atoms with Gasteiger partial charge in [0.2, 0.25) is 10.8 Å². The number of halogens is 1. The van der Waals surface area contributed by atoms with Gasteiger partial charge >= 0.3 is 23.9 Å². The molecule has 3 rings (SSSR count). The van der Waals surface area contributed by atoms with Crippen LogP contribution in [0.25, 0.3) is 0 Å². The molecule has 1 saturated heterocycles. The molecular formula is C30H39ClN2O11S. The Balaban J connectivity index is 2.06. The Morgan fingerprint density at radius 1 is 1.02 bits per heavy atom. The molecular weight excluding hydrogens is 632 g/mol. The summed E-state index contributed by atoms with van der Waals surface area (Å²) in [6.45, 7) is 3.04. The molecule has 15 heteroatoms. The molecule has 13 nitrogen and oxygen atoms in total. The lowest BCUT2D eigenvalue weighted by Gasteiger charge is -2.48. The lowest BCUT2D eigenvalue weighted by atomic mass is 9.82. The summed E-state index contributed by atoms with van der Waals surface area (Å²) in [7, 11) is 1.16. The molecule has 2 fully saturated rings. The van der Waals surface area contributed by atoms with E-state index in [0.717, 1.165) is 52.0 Å². The van der Waals surface area contributed by atoms with Gasteiger partial charge in [-0.05, 0) is 49.3 Å². The Labute approximate surface area is 270 Å². The number of carbonyl (C=O) groups excluding carboxylic acids is 6. The lowest BCUT2D eigenvalue weighted by molar-refractivity contribution is -0.220. The minimum absolute atomic E-state index is 0.182. The summed E-state index contributed by atoms with van der Waals surface area (Å²) < 4.78 is 28.2. The number of nitrogens with one attached hydrogen (secondary N) is 2. The highest BCUT2D eigenvalue weighted by Crippen LogP contribution is 2.42. The Hall–Kier alpha value is -3.36. The number of ether oxygens (including phenoxy) is 5. The van der Waals surface area contributed by atoms with E-state index in [1.165, 1.54) is 31.2 Å². The number of rotatable bonds is 13. The van der Waals surface area contributed by atoms with E-state index >= 15 is 0 Å². The summed E-state index contributed by atoms with van der Waals surface area (Å²) in [6.07, 6.45) is -1.13. The van der Waals surface area contributed by atoms with Gasteiger partial charge in [-0.1, -0.05) is 18.0 Å². The van der Waals surface area contributed by atoms with Crippen molar-refractivity contribution < 1.29 is 52.5 Å². The van der Waals surface area contributed by atoms with Gasteiger partial charge in [-0.15, -0.1) is 11.8 Å². The van der Waals surface area contributed by atoms with E-state index in [2.05, 4.69) is 10.6 Å². The van der Waals surface area contributed by atoms with Gasteiger partial charge in [-0.3, -0.25) is 24.0 Å². The van der Waals surface area contributed by atoms with Crippen molar-refractivity contribution in [3.05, 3.63) is 34.9 Å². The van der Waals surface area contributed by atoms with Crippen molar-refractivity contribution in [2.45, 2.75) is 88.3 Å². The maximum absolute atomic E-state index is 13.2. The van der Waals surface area contributed by atoms with Gasteiger partial charge in [0, 0.05) is 44.2 Å². The predicted octanol–water partition coefficient (Wildman–Crippen LogP) is 2.56. The maximum atomic E-state index is 13.2. The van der Waals surface area contributed by atoms with Gasteiger partial charge in [0.25, 0.3) is 5.91 Å². The number of thioether (sulfide) groups is 1. The molecule has 6 atom stereocenters. The summed E-state index contributed by atoms with van der Waals surface area (Å²) in [4.78, 5) is 74.6. The Bertz CT molecular complexity index is 1260. The first-order valence-electron chi connectivity index (χ1n) is 14.4. The molecule has 0 bridgehead atoms. The van der Waals surface area contributed by atoms with Crippen LogP contribution < -0.4 is 10.6 Å². The Kier molecular flexibility index (Phi) is 13.1. The fourth-order valence-electron chi connectivity index (χ4n) is 5.31. The zero-order valence-electron chi connectivity index (χ0n) is 25.8. The molecule has 0 unspecified atom stereocenters. The predicted molar refractivity (Wildman–Crippen MR) is 162 cm³/mol. The lowest BCUT2D eigenvalue weighted by Crippen LogP contribution is -2.68. The molecule has 2 amide bonds. The van der Waals surface area contributed by atoms with Crippen molar-refractivity contribution in [1.29, 1.82) is 0 Å². The molecule has 1 saturated carbocycles. The number of methoxy groups -OCH3 is 1. The molecule has 2 N–H and O–H groups in total. The molecule has 1 aliphatic heterocycles. The first-order valence-corrected chi connectivity index (χ1v) is 16.0. The fraction of sp³-hybridized carbons (Fsp3) is 0.600. The normalized spacial score (nSPS) is 24.2. The van der Waals surface area contributed by atoms with Gasteiger partial charge in [-0.2, -0.15) is 0 Å². The molecule has 1 aliphatic carbocycles. The van der Waals surface area contributed by atoms with Crippen molar-refractivity contribution in [2.75, 3.05) is 19.9 Å². The van der Waals surface area contributed by atoms with E-state index in [1.54, 1.807) is 6.26 Å². The Morgan fingerprint density at radius 2 is 1.67 bits per heavy atom. The van der Waals surface area contributed by atoms with Crippen LogP contribution in [0.5, 0.6) is 0 Å². The molecule has 0 radical (unpaired) electrons. The van der Waals surface area contributed by atoms with Crippen LogP contribution in [-0.4, -0.2) is 91.0 Å². The van der Waals surface area contributed by atoms with Crippen LogP contribution in [0.4, 0.5) is 0 Å². The van der Waals surface area contributed by atoms with Crippen molar-refractivity contribution in [1.82, 2.24) is 10.6 Å². The first-order chi connectivity index (χ1) is 21.3. The topological polar surface area (TPSA) is 173 Å². The number of hydrogen-bond donors (Lipinski definition) is 2. The van der Waals surface area contributed by atoms with Gasteiger partial charge in [0.1, 0.15) is 12.2 Å². The van der Waals surface area contributed by atoms with Crippen molar-refractivity contribution in [2.24, 2.45) is 5.92 Å². The molecule has 1 aromatic rings. The molecule has 0 spiro atoms. The zero-order chi connectivity index (χ0) is 33.3. The average Bonchev–Trinajstić information content (AvgIpc) is 2.96. The second kappa shape index (κ2) is 16.3. The molecule has 0 aromatic heterocycles. The summed E-state index contributed by atoms with van der Waals surface area (Å²) in [5.74, 6) is -3.85. The van der Waals surface area contributed by atoms with Gasteiger partial charge in [0.15, 0.2) is 12.2 Å². The number of esters is 4. The van der Waals surface area contributed by atoms with Crippen LogP contribution in [0, 0.1) is 5.92 Å². The first kappa shape index (κ1) is 36.1. The number of benzene rings is 1. The largest absolute Gasteiger partial charge is 0.466 e. The Morgan fingerprint density at radius 3 is 2.18 bits per heavy atom. The SMILES string of the molecule is COC(=O)[C@@]1(SC)C[C@H](OC(C)=O)[C@@H](NC(=O)CC2CCC2)[C@H]([C@H](OC(C)=O)[C@@H](CNC(=O)c2ccc(Cl)cc2)OC(C)=O)O1. The van der Waals surface area contributed by atoms with Crippen LogP contribution in [-0.2, 0) is 47.7 Å². The summed E-state index contributed by atoms with van der Waals surface area (Å²) in [5, 5.41) is 5.94. The molecule has 1 aromatic carbocycles. The third kappa shape index (κ3) is 9.81. The minimum atomic E-state index is -1.78. The van der Waals surface area contributed by atoms with Crippen LogP contribution in [0.1, 0.15) is 63.2 Å². The molecule has 45 heavy (non-hydrogen) atoms. The van der Waals surface area contributed by atoms with E-state index in [1.807, 2.05) is 0 Å². The van der Waals surface area contributed by atoms with Gasteiger partial charge in [0.05, 0.1) is 19.7 Å². The fourth-order valence-corrected chi connectivity index (χ4v) is 6.22. The van der Waals surface area contributed by atoms with E-state index in [4.69, 9.17) is 35.3 Å². The number of amides is 2. The summed E-state index contributed by atoms with van der Waals surface area (Å²) >= 11 is 6.88. The van der Waals surface area contributed by atoms with Crippen LogP contribution in [0.2, 0.25) is 5.02 Å². The van der Waals surface area contributed by atoms with Gasteiger partial charge < -0.3 is 34.3 Å². The van der Waals surface area contributed by atoms with E-state index < -0.39 is 65.2 Å². The van der Waals surface area contributed by atoms with E-state index in [0.29, 0.717) is 5.02 Å². The smallest absolute Gasteiger partial charge is 0.348 e. The third-order valence-electron chi connectivity index (χ3n) is 7.60. The number of hydrogen-bond acceptors (Lipinski definition) is 12. The average molecular weight is 671 g/mol. The highest BCUT2D eigenvalue weighted by molar-refractivity contribution is 8.00. The standard InChI is InChI=1S/C30H39ClN2O11S/c1-16(34)41-22-14-30(45-5,29(39)40-4)44-27(25(22)33-24(37)13-19-7-6-8-19)26(43-18(3)36)23(42-17(2)35)15-32-28(38)20-9-11-21(31)12-10-20/h9-12,19,22-23,25-27H,6-8,13-15H2,1-5H3,(H,32,38)(H,33,37)/t22-,23+,25+,26+,27+,30-/m0/s1. The third-order valence-corrected chi connectivity index (χ3v) is 8.94. The second-order valence-electron chi connectivity index (χ2n) is 10.9.